The predicted molar refractivity (Wildman–Crippen MR) is 96.2 cm³/mol. The van der Waals surface area contributed by atoms with Crippen molar-refractivity contribution in [3.8, 4) is 23.0 Å². The quantitative estimate of drug-likeness (QED) is 0.758. The van der Waals surface area contributed by atoms with E-state index in [1.165, 1.54) is 31.0 Å². The molecule has 7 nitrogen and oxygen atoms in total. The second kappa shape index (κ2) is 7.99. The molecule has 8 heteroatoms. The maximum atomic E-state index is 12.4. The lowest BCUT2D eigenvalue weighted by Crippen LogP contribution is -2.35. The summed E-state index contributed by atoms with van der Waals surface area (Å²) in [5, 5.41) is 8.51. The van der Waals surface area contributed by atoms with Gasteiger partial charge in [-0.15, -0.1) is 10.2 Å². The molecule has 138 valence electrons. The number of aromatic nitrogens is 2. The number of benzene rings is 1. The van der Waals surface area contributed by atoms with Gasteiger partial charge in [-0.3, -0.25) is 4.79 Å². The van der Waals surface area contributed by atoms with E-state index < -0.39 is 0 Å². The summed E-state index contributed by atoms with van der Waals surface area (Å²) in [6, 6.07) is 5.48. The van der Waals surface area contributed by atoms with Crippen molar-refractivity contribution in [2.75, 3.05) is 25.6 Å². The third-order valence-electron chi connectivity index (χ3n) is 4.55. The molecular weight excluding hydrogens is 354 g/mol. The predicted octanol–water partition coefficient (Wildman–Crippen LogP) is 3.35. The van der Waals surface area contributed by atoms with Gasteiger partial charge in [0.15, 0.2) is 11.5 Å². The van der Waals surface area contributed by atoms with E-state index in [4.69, 9.17) is 13.9 Å². The van der Waals surface area contributed by atoms with Gasteiger partial charge in [0.1, 0.15) is 0 Å². The minimum atomic E-state index is 0.139. The first-order valence-corrected chi connectivity index (χ1v) is 9.92. The van der Waals surface area contributed by atoms with Crippen LogP contribution in [0.5, 0.6) is 11.5 Å². The molecule has 2 aliphatic heterocycles. The number of hydrogen-bond acceptors (Lipinski definition) is 7. The number of thioether (sulfide) groups is 1. The van der Waals surface area contributed by atoms with E-state index in [9.17, 15) is 4.79 Å². The summed E-state index contributed by atoms with van der Waals surface area (Å²) in [6.45, 7) is 1.93. The summed E-state index contributed by atoms with van der Waals surface area (Å²) in [5.41, 5.74) is 0.767. The fourth-order valence-electron chi connectivity index (χ4n) is 3.13. The Morgan fingerprint density at radius 1 is 1.04 bits per heavy atom. The zero-order valence-electron chi connectivity index (χ0n) is 14.5. The van der Waals surface area contributed by atoms with Gasteiger partial charge in [0.2, 0.25) is 18.6 Å². The normalized spacial score (nSPS) is 17.0. The Kier molecular flexibility index (Phi) is 5.29. The molecule has 0 atom stereocenters. The van der Waals surface area contributed by atoms with Crippen molar-refractivity contribution < 1.29 is 18.7 Å². The lowest BCUT2D eigenvalue weighted by molar-refractivity contribution is -0.128. The molecule has 0 N–H and O–H groups in total. The Labute approximate surface area is 156 Å². The number of nitrogens with zero attached hydrogens (tertiary/aromatic N) is 3. The molecule has 0 radical (unpaired) electrons. The standard InChI is InChI=1S/C18H21N3O4S/c22-16(21-8-4-2-1-3-5-9-21)11-26-18-20-19-17(25-18)13-6-7-14-15(10-13)24-12-23-14/h6-7,10H,1-5,8-9,11-12H2. The highest BCUT2D eigenvalue weighted by atomic mass is 32.2. The Balaban J connectivity index is 1.35. The first-order chi connectivity index (χ1) is 12.8. The molecule has 3 heterocycles. The summed E-state index contributed by atoms with van der Waals surface area (Å²) in [5.74, 6) is 2.25. The highest BCUT2D eigenvalue weighted by Gasteiger charge is 2.19. The molecule has 2 aliphatic rings. The van der Waals surface area contributed by atoms with Gasteiger partial charge in [-0.25, -0.2) is 0 Å². The Morgan fingerprint density at radius 3 is 2.65 bits per heavy atom. The molecule has 0 spiro atoms. The van der Waals surface area contributed by atoms with Crippen molar-refractivity contribution in [3.63, 3.8) is 0 Å². The van der Waals surface area contributed by atoms with Crippen LogP contribution in [0.3, 0.4) is 0 Å². The molecule has 0 bridgehead atoms. The minimum Gasteiger partial charge on any atom is -0.454 e. The molecule has 4 rings (SSSR count). The van der Waals surface area contributed by atoms with E-state index in [1.54, 1.807) is 0 Å². The SMILES string of the molecule is O=C(CSc1nnc(-c2ccc3c(c2)OCO3)o1)N1CCCCCCC1. The van der Waals surface area contributed by atoms with E-state index >= 15 is 0 Å². The van der Waals surface area contributed by atoms with Crippen LogP contribution in [0.1, 0.15) is 32.1 Å². The number of fused-ring (bicyclic) bond motifs is 1. The van der Waals surface area contributed by atoms with Gasteiger partial charge in [0.05, 0.1) is 5.75 Å². The van der Waals surface area contributed by atoms with Crippen molar-refractivity contribution in [1.29, 1.82) is 0 Å². The lowest BCUT2D eigenvalue weighted by Gasteiger charge is -2.24. The molecule has 1 aromatic carbocycles. The van der Waals surface area contributed by atoms with Gasteiger partial charge in [0, 0.05) is 18.7 Å². The number of rotatable bonds is 4. The Morgan fingerprint density at radius 2 is 1.81 bits per heavy atom. The number of hydrogen-bond donors (Lipinski definition) is 0. The van der Waals surface area contributed by atoms with Crippen molar-refractivity contribution >= 4 is 17.7 Å². The number of carbonyl (C=O) groups is 1. The molecule has 26 heavy (non-hydrogen) atoms. The van der Waals surface area contributed by atoms with Gasteiger partial charge in [-0.2, -0.15) is 0 Å². The number of amides is 1. The van der Waals surface area contributed by atoms with Crippen molar-refractivity contribution in [1.82, 2.24) is 15.1 Å². The fraction of sp³-hybridized carbons (Fsp3) is 0.500. The molecule has 0 saturated carbocycles. The molecule has 0 aliphatic carbocycles. The third-order valence-corrected chi connectivity index (χ3v) is 5.36. The second-order valence-corrected chi connectivity index (χ2v) is 7.30. The largest absolute Gasteiger partial charge is 0.454 e. The number of carbonyl (C=O) groups excluding carboxylic acids is 1. The number of likely N-dealkylation sites (tertiary alicyclic amines) is 1. The van der Waals surface area contributed by atoms with Crippen LogP contribution in [0, 0.1) is 0 Å². The fourth-order valence-corrected chi connectivity index (χ4v) is 3.79. The topological polar surface area (TPSA) is 77.7 Å². The van der Waals surface area contributed by atoms with Crippen LogP contribution in [0.25, 0.3) is 11.5 Å². The van der Waals surface area contributed by atoms with E-state index in [0.29, 0.717) is 28.4 Å². The maximum absolute atomic E-state index is 12.4. The molecular formula is C18H21N3O4S. The van der Waals surface area contributed by atoms with Crippen molar-refractivity contribution in [2.45, 2.75) is 37.3 Å². The first kappa shape index (κ1) is 17.2. The van der Waals surface area contributed by atoms with Crippen molar-refractivity contribution in [2.24, 2.45) is 0 Å². The number of ether oxygens (including phenoxy) is 2. The highest BCUT2D eigenvalue weighted by molar-refractivity contribution is 7.99. The highest BCUT2D eigenvalue weighted by Crippen LogP contribution is 2.36. The molecule has 1 aromatic heterocycles. The van der Waals surface area contributed by atoms with Crippen LogP contribution >= 0.6 is 11.8 Å². The summed E-state index contributed by atoms with van der Waals surface area (Å²) in [6.07, 6.45) is 5.87. The average Bonchev–Trinajstić information content (AvgIpc) is 3.28. The Hall–Kier alpha value is -2.22. The van der Waals surface area contributed by atoms with E-state index in [0.717, 1.165) is 31.5 Å². The summed E-state index contributed by atoms with van der Waals surface area (Å²) >= 11 is 1.29. The van der Waals surface area contributed by atoms with Gasteiger partial charge in [-0.05, 0) is 31.0 Å². The van der Waals surface area contributed by atoms with Gasteiger partial charge in [-0.1, -0.05) is 31.0 Å². The molecule has 1 amide bonds. The zero-order valence-corrected chi connectivity index (χ0v) is 15.3. The summed E-state index contributed by atoms with van der Waals surface area (Å²) in [4.78, 5) is 14.4. The van der Waals surface area contributed by atoms with Crippen LogP contribution < -0.4 is 9.47 Å². The molecule has 1 fully saturated rings. The van der Waals surface area contributed by atoms with Gasteiger partial charge in [0.25, 0.3) is 5.22 Å². The maximum Gasteiger partial charge on any atom is 0.277 e. The monoisotopic (exact) mass is 375 g/mol. The third kappa shape index (κ3) is 3.95. The molecule has 0 unspecified atom stereocenters. The van der Waals surface area contributed by atoms with E-state index in [1.807, 2.05) is 23.1 Å². The second-order valence-electron chi connectivity index (χ2n) is 6.38. The summed E-state index contributed by atoms with van der Waals surface area (Å²) in [7, 11) is 0. The zero-order chi connectivity index (χ0) is 17.8. The van der Waals surface area contributed by atoms with E-state index in [2.05, 4.69) is 10.2 Å². The molecule has 2 aromatic rings. The average molecular weight is 375 g/mol. The smallest absolute Gasteiger partial charge is 0.277 e. The van der Waals surface area contributed by atoms with Crippen LogP contribution in [0.4, 0.5) is 0 Å². The van der Waals surface area contributed by atoms with Crippen LogP contribution in [-0.2, 0) is 4.79 Å². The Bertz CT molecular complexity index is 772. The lowest BCUT2D eigenvalue weighted by atomic mass is 10.1. The van der Waals surface area contributed by atoms with E-state index in [-0.39, 0.29) is 12.7 Å². The van der Waals surface area contributed by atoms with Crippen molar-refractivity contribution in [3.05, 3.63) is 18.2 Å². The summed E-state index contributed by atoms with van der Waals surface area (Å²) < 4.78 is 16.3. The van der Waals surface area contributed by atoms with Gasteiger partial charge < -0.3 is 18.8 Å². The van der Waals surface area contributed by atoms with Crippen LogP contribution in [-0.4, -0.2) is 46.6 Å². The van der Waals surface area contributed by atoms with Crippen LogP contribution in [0.2, 0.25) is 0 Å². The van der Waals surface area contributed by atoms with Crippen LogP contribution in [0.15, 0.2) is 27.8 Å². The van der Waals surface area contributed by atoms with Gasteiger partial charge >= 0.3 is 0 Å². The minimum absolute atomic E-state index is 0.139. The first-order valence-electron chi connectivity index (χ1n) is 8.94. The molecule has 1 saturated heterocycles.